The van der Waals surface area contributed by atoms with E-state index in [1.807, 2.05) is 13.8 Å². The van der Waals surface area contributed by atoms with Gasteiger partial charge < -0.3 is 9.47 Å². The highest BCUT2D eigenvalue weighted by Gasteiger charge is 2.10. The first-order chi connectivity index (χ1) is 9.08. The molecule has 1 aromatic carbocycles. The van der Waals surface area contributed by atoms with Gasteiger partial charge in [0.05, 0.1) is 12.8 Å². The molecule has 0 aliphatic rings. The van der Waals surface area contributed by atoms with Gasteiger partial charge in [0.25, 0.3) is 0 Å². The van der Waals surface area contributed by atoms with Crippen molar-refractivity contribution in [3.05, 3.63) is 41.8 Å². The van der Waals surface area contributed by atoms with Crippen molar-refractivity contribution in [2.45, 2.75) is 19.8 Å². The lowest BCUT2D eigenvalue weighted by molar-refractivity contribution is 0.373. The van der Waals surface area contributed by atoms with Crippen LogP contribution in [-0.2, 0) is 0 Å². The zero-order valence-corrected chi connectivity index (χ0v) is 11.1. The smallest absolute Gasteiger partial charge is 0.325 e. The first-order valence-electron chi connectivity index (χ1n) is 5.95. The molecule has 4 nitrogen and oxygen atoms in total. The van der Waals surface area contributed by atoms with E-state index in [1.54, 1.807) is 18.2 Å². The van der Waals surface area contributed by atoms with Gasteiger partial charge in [-0.3, -0.25) is 0 Å². The second-order valence-corrected chi connectivity index (χ2v) is 4.33. The monoisotopic (exact) mass is 262 g/mol. The fraction of sp³-hybridized carbons (Fsp3) is 0.286. The quantitative estimate of drug-likeness (QED) is 0.845. The van der Waals surface area contributed by atoms with Crippen molar-refractivity contribution in [3.63, 3.8) is 0 Å². The molecule has 0 amide bonds. The van der Waals surface area contributed by atoms with E-state index < -0.39 is 0 Å². The second kappa shape index (κ2) is 5.65. The van der Waals surface area contributed by atoms with Crippen LogP contribution in [0.3, 0.4) is 0 Å². The third-order valence-electron chi connectivity index (χ3n) is 2.51. The Kier molecular flexibility index (Phi) is 3.94. The van der Waals surface area contributed by atoms with Gasteiger partial charge in [-0.05, 0) is 18.1 Å². The van der Waals surface area contributed by atoms with Gasteiger partial charge in [0.2, 0.25) is 5.88 Å². The first kappa shape index (κ1) is 13.3. The summed E-state index contributed by atoms with van der Waals surface area (Å²) in [7, 11) is 1.53. The van der Waals surface area contributed by atoms with Crippen molar-refractivity contribution in [2.75, 3.05) is 7.11 Å². The highest BCUT2D eigenvalue weighted by Crippen LogP contribution is 2.24. The molecule has 0 N–H and O–H groups in total. The molecule has 0 aliphatic heterocycles. The molecule has 0 saturated heterocycles. The van der Waals surface area contributed by atoms with Crippen LogP contribution in [-0.4, -0.2) is 17.1 Å². The largest absolute Gasteiger partial charge is 0.481 e. The Bertz CT molecular complexity index is 573. The molecule has 0 unspecified atom stereocenters. The minimum absolute atomic E-state index is 0.147. The number of methoxy groups -OCH3 is 1. The summed E-state index contributed by atoms with van der Waals surface area (Å²) < 4.78 is 23.6. The van der Waals surface area contributed by atoms with E-state index in [0.717, 1.165) is 5.69 Å². The van der Waals surface area contributed by atoms with Crippen LogP contribution in [0.5, 0.6) is 17.6 Å². The molecule has 19 heavy (non-hydrogen) atoms. The summed E-state index contributed by atoms with van der Waals surface area (Å²) in [5.41, 5.74) is 0.804. The Hall–Kier alpha value is -2.17. The maximum Gasteiger partial charge on any atom is 0.325 e. The Morgan fingerprint density at radius 3 is 2.58 bits per heavy atom. The molecule has 0 radical (unpaired) electrons. The van der Waals surface area contributed by atoms with Gasteiger partial charge in [-0.15, -0.1) is 0 Å². The van der Waals surface area contributed by atoms with Crippen LogP contribution in [0.2, 0.25) is 0 Å². The summed E-state index contributed by atoms with van der Waals surface area (Å²) in [6, 6.07) is 7.73. The van der Waals surface area contributed by atoms with E-state index in [1.165, 1.54) is 19.2 Å². The number of nitrogens with zero attached hydrogens (tertiary/aromatic N) is 2. The van der Waals surface area contributed by atoms with E-state index in [4.69, 9.17) is 9.47 Å². The van der Waals surface area contributed by atoms with Crippen LogP contribution >= 0.6 is 0 Å². The standard InChI is InChI=1S/C14H15FN2O2/c1-9(2)12-8-13(18-3)17-14(16-12)19-11-6-4-5-10(15)7-11/h4-9H,1-3H3. The average Bonchev–Trinajstić information content (AvgIpc) is 2.38. The van der Waals surface area contributed by atoms with E-state index >= 15 is 0 Å². The molecule has 1 heterocycles. The Labute approximate surface area is 111 Å². The normalized spacial score (nSPS) is 10.6. The molecule has 1 aromatic heterocycles. The SMILES string of the molecule is COc1cc(C(C)C)nc(Oc2cccc(F)c2)n1. The summed E-state index contributed by atoms with van der Waals surface area (Å²) in [5.74, 6) is 0.615. The molecule has 0 bridgehead atoms. The van der Waals surface area contributed by atoms with E-state index in [0.29, 0.717) is 11.6 Å². The molecular weight excluding hydrogens is 247 g/mol. The molecule has 100 valence electrons. The fourth-order valence-corrected chi connectivity index (χ4v) is 1.50. The maximum absolute atomic E-state index is 13.1. The highest BCUT2D eigenvalue weighted by atomic mass is 19.1. The first-order valence-corrected chi connectivity index (χ1v) is 5.95. The summed E-state index contributed by atoms with van der Waals surface area (Å²) in [4.78, 5) is 8.35. The van der Waals surface area contributed by atoms with Gasteiger partial charge in [0.1, 0.15) is 11.6 Å². The number of aromatic nitrogens is 2. The zero-order chi connectivity index (χ0) is 13.8. The lowest BCUT2D eigenvalue weighted by Gasteiger charge is -2.10. The van der Waals surface area contributed by atoms with Crippen molar-refractivity contribution < 1.29 is 13.9 Å². The Morgan fingerprint density at radius 1 is 1.16 bits per heavy atom. The molecule has 0 atom stereocenters. The summed E-state index contributed by atoms with van der Waals surface area (Å²) in [6.07, 6.45) is 0. The second-order valence-electron chi connectivity index (χ2n) is 4.33. The number of benzene rings is 1. The summed E-state index contributed by atoms with van der Waals surface area (Å²) >= 11 is 0. The van der Waals surface area contributed by atoms with Crippen LogP contribution in [0.4, 0.5) is 4.39 Å². The number of halogens is 1. The predicted octanol–water partition coefficient (Wildman–Crippen LogP) is 3.54. The van der Waals surface area contributed by atoms with Crippen molar-refractivity contribution in [1.82, 2.24) is 9.97 Å². The third-order valence-corrected chi connectivity index (χ3v) is 2.51. The predicted molar refractivity (Wildman–Crippen MR) is 69.1 cm³/mol. The van der Waals surface area contributed by atoms with Crippen LogP contribution in [0, 0.1) is 5.82 Å². The lowest BCUT2D eigenvalue weighted by Crippen LogP contribution is -2.00. The topological polar surface area (TPSA) is 44.2 Å². The summed E-state index contributed by atoms with van der Waals surface area (Å²) in [5, 5.41) is 0. The molecule has 2 rings (SSSR count). The minimum atomic E-state index is -0.371. The van der Waals surface area contributed by atoms with Crippen LogP contribution in [0.1, 0.15) is 25.5 Å². The van der Waals surface area contributed by atoms with E-state index in [2.05, 4.69) is 9.97 Å². The average molecular weight is 262 g/mol. The lowest BCUT2D eigenvalue weighted by atomic mass is 10.1. The molecule has 0 saturated carbocycles. The van der Waals surface area contributed by atoms with Gasteiger partial charge in [0, 0.05) is 12.1 Å². The Morgan fingerprint density at radius 2 is 1.95 bits per heavy atom. The number of hydrogen-bond acceptors (Lipinski definition) is 4. The fourth-order valence-electron chi connectivity index (χ4n) is 1.50. The number of ether oxygens (including phenoxy) is 2. The van der Waals surface area contributed by atoms with Gasteiger partial charge in [-0.25, -0.2) is 4.39 Å². The number of hydrogen-bond donors (Lipinski definition) is 0. The van der Waals surface area contributed by atoms with Gasteiger partial charge >= 0.3 is 6.01 Å². The molecular formula is C14H15FN2O2. The van der Waals surface area contributed by atoms with Crippen LogP contribution in [0.25, 0.3) is 0 Å². The maximum atomic E-state index is 13.1. The minimum Gasteiger partial charge on any atom is -0.481 e. The summed E-state index contributed by atoms with van der Waals surface area (Å²) in [6.45, 7) is 4.02. The van der Waals surface area contributed by atoms with Crippen molar-refractivity contribution in [1.29, 1.82) is 0 Å². The van der Waals surface area contributed by atoms with Crippen molar-refractivity contribution in [3.8, 4) is 17.6 Å². The van der Waals surface area contributed by atoms with E-state index in [-0.39, 0.29) is 17.7 Å². The van der Waals surface area contributed by atoms with Crippen LogP contribution in [0.15, 0.2) is 30.3 Å². The third kappa shape index (κ3) is 3.40. The molecule has 0 spiro atoms. The van der Waals surface area contributed by atoms with Gasteiger partial charge in [-0.1, -0.05) is 19.9 Å². The van der Waals surface area contributed by atoms with Crippen molar-refractivity contribution in [2.24, 2.45) is 0 Å². The molecule has 0 fully saturated rings. The van der Waals surface area contributed by atoms with Crippen molar-refractivity contribution >= 4 is 0 Å². The molecule has 5 heteroatoms. The molecule has 2 aromatic rings. The van der Waals surface area contributed by atoms with Gasteiger partial charge in [-0.2, -0.15) is 9.97 Å². The van der Waals surface area contributed by atoms with Crippen LogP contribution < -0.4 is 9.47 Å². The van der Waals surface area contributed by atoms with E-state index in [9.17, 15) is 4.39 Å². The van der Waals surface area contributed by atoms with Gasteiger partial charge in [0.15, 0.2) is 0 Å². The number of rotatable bonds is 4. The zero-order valence-electron chi connectivity index (χ0n) is 11.1. The Balaban J connectivity index is 2.31. The highest BCUT2D eigenvalue weighted by molar-refractivity contribution is 5.27. The molecule has 0 aliphatic carbocycles.